The third-order valence-corrected chi connectivity index (χ3v) is 1.80. The van der Waals surface area contributed by atoms with Gasteiger partial charge in [-0.2, -0.15) is 0 Å². The van der Waals surface area contributed by atoms with Gasteiger partial charge in [-0.25, -0.2) is 0 Å². The van der Waals surface area contributed by atoms with Crippen LogP contribution in [0, 0.1) is 0 Å². The van der Waals surface area contributed by atoms with Crippen molar-refractivity contribution in [2.75, 3.05) is 21.2 Å². The minimum atomic E-state index is 0.259. The van der Waals surface area contributed by atoms with E-state index in [9.17, 15) is 4.79 Å². The molecule has 1 aromatic rings. The maximum absolute atomic E-state index is 10.7. The first kappa shape index (κ1) is 12.1. The molecule has 86 valence electrons. The quantitative estimate of drug-likeness (QED) is 0.431. The first-order valence-corrected chi connectivity index (χ1v) is 4.81. The average Bonchev–Trinajstić information content (AvgIpc) is 2.28. The predicted octanol–water partition coefficient (Wildman–Crippen LogP) is 1.68. The third-order valence-electron chi connectivity index (χ3n) is 1.80. The maximum Gasteiger partial charge on any atom is 0.186 e. The summed E-state index contributed by atoms with van der Waals surface area (Å²) in [6, 6.07) is 7.03. The molecule has 0 amide bonds. The molecule has 0 spiro atoms. The first-order valence-electron chi connectivity index (χ1n) is 4.81. The summed E-state index contributed by atoms with van der Waals surface area (Å²) in [5, 5.41) is 0. The Morgan fingerprint density at radius 3 is 2.19 bits per heavy atom. The smallest absolute Gasteiger partial charge is 0.186 e. The molecule has 1 aromatic carbocycles. The van der Waals surface area contributed by atoms with Crippen molar-refractivity contribution in [2.24, 2.45) is 0 Å². The third kappa shape index (κ3) is 3.65. The van der Waals surface area contributed by atoms with Crippen molar-refractivity contribution in [3.05, 3.63) is 36.2 Å². The molecule has 0 atom stereocenters. The average molecular weight is 221 g/mol. The number of carbonyl (C=O) groups is 1. The summed E-state index contributed by atoms with van der Waals surface area (Å²) in [4.78, 5) is 12.5. The highest BCUT2D eigenvalue weighted by Crippen LogP contribution is 2.18. The van der Waals surface area contributed by atoms with E-state index in [2.05, 4.69) is 0 Å². The van der Waals surface area contributed by atoms with Crippen LogP contribution in [-0.4, -0.2) is 32.4 Å². The van der Waals surface area contributed by atoms with Gasteiger partial charge in [0.2, 0.25) is 0 Å². The van der Waals surface area contributed by atoms with Gasteiger partial charge in [-0.05, 0) is 24.3 Å². The second-order valence-electron chi connectivity index (χ2n) is 3.39. The Morgan fingerprint density at radius 1 is 1.19 bits per heavy atom. The summed E-state index contributed by atoms with van der Waals surface area (Å²) in [7, 11) is 5.24. The molecule has 0 aromatic heterocycles. The lowest BCUT2D eigenvalue weighted by molar-refractivity contribution is -0.106. The SMILES string of the molecule is COc1ccc(O/C(C=O)=C/N(C)C)cc1. The molecule has 0 saturated carbocycles. The number of methoxy groups -OCH3 is 1. The lowest BCUT2D eigenvalue weighted by Gasteiger charge is -2.09. The summed E-state index contributed by atoms with van der Waals surface area (Å²) in [5.41, 5.74) is 0. The van der Waals surface area contributed by atoms with E-state index in [4.69, 9.17) is 9.47 Å². The van der Waals surface area contributed by atoms with Crippen LogP contribution in [0.1, 0.15) is 0 Å². The van der Waals surface area contributed by atoms with E-state index in [1.807, 2.05) is 14.1 Å². The Kier molecular flexibility index (Phi) is 4.39. The normalized spacial score (nSPS) is 10.8. The Hall–Kier alpha value is -1.97. The van der Waals surface area contributed by atoms with Gasteiger partial charge in [0.15, 0.2) is 12.0 Å². The Morgan fingerprint density at radius 2 is 1.75 bits per heavy atom. The number of aldehydes is 1. The van der Waals surface area contributed by atoms with Gasteiger partial charge in [0, 0.05) is 20.3 Å². The van der Waals surface area contributed by atoms with Crippen molar-refractivity contribution in [1.29, 1.82) is 0 Å². The van der Waals surface area contributed by atoms with E-state index >= 15 is 0 Å². The molecule has 4 heteroatoms. The van der Waals surface area contributed by atoms with Crippen LogP contribution in [0.2, 0.25) is 0 Å². The molecule has 0 N–H and O–H groups in total. The standard InChI is InChI=1S/C12H15NO3/c1-13(2)8-12(9-14)16-11-6-4-10(15-3)5-7-11/h4-9H,1-3H3/b12-8+. The van der Waals surface area contributed by atoms with Gasteiger partial charge < -0.3 is 14.4 Å². The molecule has 16 heavy (non-hydrogen) atoms. The van der Waals surface area contributed by atoms with E-state index in [1.165, 1.54) is 0 Å². The number of nitrogens with zero attached hydrogens (tertiary/aromatic N) is 1. The molecule has 4 nitrogen and oxygen atoms in total. The second-order valence-corrected chi connectivity index (χ2v) is 3.39. The molecule has 0 aliphatic heterocycles. The van der Waals surface area contributed by atoms with Crippen molar-refractivity contribution in [3.8, 4) is 11.5 Å². The van der Waals surface area contributed by atoms with Gasteiger partial charge in [0.1, 0.15) is 11.5 Å². The van der Waals surface area contributed by atoms with Gasteiger partial charge in [-0.15, -0.1) is 0 Å². The molecule has 0 aliphatic rings. The van der Waals surface area contributed by atoms with Crippen LogP contribution >= 0.6 is 0 Å². The van der Waals surface area contributed by atoms with Gasteiger partial charge in [-0.1, -0.05) is 0 Å². The fraction of sp³-hybridized carbons (Fsp3) is 0.250. The van der Waals surface area contributed by atoms with Crippen molar-refractivity contribution in [1.82, 2.24) is 4.90 Å². The molecule has 0 saturated heterocycles. The number of ether oxygens (including phenoxy) is 2. The number of carbonyl (C=O) groups excluding carboxylic acids is 1. The van der Waals surface area contributed by atoms with Gasteiger partial charge in [0.05, 0.1) is 7.11 Å². The van der Waals surface area contributed by atoms with Crippen LogP contribution < -0.4 is 9.47 Å². The highest BCUT2D eigenvalue weighted by atomic mass is 16.5. The van der Waals surface area contributed by atoms with Crippen molar-refractivity contribution >= 4 is 6.29 Å². The maximum atomic E-state index is 10.7. The summed E-state index contributed by atoms with van der Waals surface area (Å²) >= 11 is 0. The zero-order valence-electron chi connectivity index (χ0n) is 9.64. The number of rotatable bonds is 5. The largest absolute Gasteiger partial charge is 0.497 e. The Labute approximate surface area is 95.1 Å². The predicted molar refractivity (Wildman–Crippen MR) is 61.5 cm³/mol. The number of hydrogen-bond donors (Lipinski definition) is 0. The summed E-state index contributed by atoms with van der Waals surface area (Å²) in [5.74, 6) is 1.60. The van der Waals surface area contributed by atoms with E-state index in [1.54, 1.807) is 42.5 Å². The van der Waals surface area contributed by atoms with E-state index in [0.29, 0.717) is 12.0 Å². The van der Waals surface area contributed by atoms with Crippen LogP contribution in [-0.2, 0) is 4.79 Å². The highest BCUT2D eigenvalue weighted by molar-refractivity contribution is 5.70. The van der Waals surface area contributed by atoms with Crippen LogP contribution in [0.4, 0.5) is 0 Å². The summed E-state index contributed by atoms with van der Waals surface area (Å²) < 4.78 is 10.4. The second kappa shape index (κ2) is 5.80. The van der Waals surface area contributed by atoms with Crippen molar-refractivity contribution in [3.63, 3.8) is 0 Å². The molecular weight excluding hydrogens is 206 g/mol. The number of hydrogen-bond acceptors (Lipinski definition) is 4. The van der Waals surface area contributed by atoms with Gasteiger partial charge in [-0.3, -0.25) is 4.79 Å². The molecule has 0 radical (unpaired) electrons. The highest BCUT2D eigenvalue weighted by Gasteiger charge is 2.00. The fourth-order valence-electron chi connectivity index (χ4n) is 1.12. The minimum absolute atomic E-state index is 0.259. The first-order chi connectivity index (χ1) is 7.65. The minimum Gasteiger partial charge on any atom is -0.497 e. The molecule has 0 bridgehead atoms. The lowest BCUT2D eigenvalue weighted by Crippen LogP contribution is -2.07. The Bertz CT molecular complexity index is 368. The van der Waals surface area contributed by atoms with Gasteiger partial charge >= 0.3 is 0 Å². The van der Waals surface area contributed by atoms with Crippen molar-refractivity contribution in [2.45, 2.75) is 0 Å². The van der Waals surface area contributed by atoms with Crippen LogP contribution in [0.3, 0.4) is 0 Å². The van der Waals surface area contributed by atoms with E-state index in [0.717, 1.165) is 5.75 Å². The molecule has 0 unspecified atom stereocenters. The van der Waals surface area contributed by atoms with E-state index in [-0.39, 0.29) is 5.76 Å². The fourth-order valence-corrected chi connectivity index (χ4v) is 1.12. The number of benzene rings is 1. The van der Waals surface area contributed by atoms with Crippen LogP contribution in [0.5, 0.6) is 11.5 Å². The molecular formula is C12H15NO3. The summed E-state index contributed by atoms with van der Waals surface area (Å²) in [6.45, 7) is 0. The molecule has 1 rings (SSSR count). The van der Waals surface area contributed by atoms with Gasteiger partial charge in [0.25, 0.3) is 0 Å². The van der Waals surface area contributed by atoms with Crippen molar-refractivity contribution < 1.29 is 14.3 Å². The zero-order valence-corrected chi connectivity index (χ0v) is 9.64. The zero-order chi connectivity index (χ0) is 12.0. The van der Waals surface area contributed by atoms with E-state index < -0.39 is 0 Å². The number of allylic oxidation sites excluding steroid dienone is 1. The Balaban J connectivity index is 2.74. The summed E-state index contributed by atoms with van der Waals surface area (Å²) in [6.07, 6.45) is 2.28. The van der Waals surface area contributed by atoms with Crippen LogP contribution in [0.15, 0.2) is 36.2 Å². The topological polar surface area (TPSA) is 38.8 Å². The molecule has 0 aliphatic carbocycles. The molecule has 0 fully saturated rings. The lowest BCUT2D eigenvalue weighted by atomic mass is 10.3. The van der Waals surface area contributed by atoms with Crippen LogP contribution in [0.25, 0.3) is 0 Å². The molecule has 0 heterocycles. The monoisotopic (exact) mass is 221 g/mol.